The van der Waals surface area contributed by atoms with E-state index < -0.39 is 23.6 Å². The number of benzene rings is 1. The summed E-state index contributed by atoms with van der Waals surface area (Å²) in [5.74, 6) is -1.16. The number of rotatable bonds is 2. The number of carbonyl (C=O) groups excluding carboxylic acids is 1. The van der Waals surface area contributed by atoms with Crippen molar-refractivity contribution in [3.63, 3.8) is 0 Å². The van der Waals surface area contributed by atoms with Gasteiger partial charge in [0.15, 0.2) is 0 Å². The molecule has 1 heterocycles. The topological polar surface area (TPSA) is 64.4 Å². The van der Waals surface area contributed by atoms with Crippen LogP contribution in [0.3, 0.4) is 0 Å². The van der Waals surface area contributed by atoms with Crippen LogP contribution in [0.15, 0.2) is 34.9 Å². The minimum Gasteiger partial charge on any atom is -0.444 e. The molecule has 1 N–H and O–H groups in total. The second-order valence-electron chi connectivity index (χ2n) is 5.78. The van der Waals surface area contributed by atoms with Crippen LogP contribution in [-0.2, 0) is 10.9 Å². The highest BCUT2D eigenvalue weighted by Gasteiger charge is 2.36. The molecular weight excluding hydrogens is 313 g/mol. The van der Waals surface area contributed by atoms with Crippen molar-refractivity contribution in [3.05, 3.63) is 36.1 Å². The van der Waals surface area contributed by atoms with Crippen molar-refractivity contribution in [2.75, 3.05) is 5.32 Å². The van der Waals surface area contributed by atoms with Crippen LogP contribution in [0.25, 0.3) is 11.3 Å². The molecule has 0 bridgehead atoms. The van der Waals surface area contributed by atoms with Crippen LogP contribution in [0.2, 0.25) is 0 Å². The van der Waals surface area contributed by atoms with E-state index >= 15 is 0 Å². The Morgan fingerprint density at radius 2 is 1.78 bits per heavy atom. The van der Waals surface area contributed by atoms with Crippen LogP contribution in [0, 0.1) is 0 Å². The summed E-state index contributed by atoms with van der Waals surface area (Å²) in [4.78, 5) is 11.6. The molecule has 0 unspecified atom stereocenters. The second kappa shape index (κ2) is 5.94. The van der Waals surface area contributed by atoms with Crippen LogP contribution in [0.4, 0.5) is 23.7 Å². The lowest BCUT2D eigenvalue weighted by molar-refractivity contribution is -0.155. The molecule has 1 aromatic heterocycles. The third kappa shape index (κ3) is 4.73. The molecule has 0 saturated heterocycles. The van der Waals surface area contributed by atoms with Crippen LogP contribution in [-0.4, -0.2) is 16.9 Å². The Balaban J connectivity index is 2.08. The zero-order chi connectivity index (χ0) is 17.3. The lowest BCUT2D eigenvalue weighted by Gasteiger charge is -2.19. The largest absolute Gasteiger partial charge is 0.452 e. The second-order valence-corrected chi connectivity index (χ2v) is 5.78. The SMILES string of the molecule is CC(C)(C)OC(=O)Nc1ccc(-c2cc(C(F)(F)F)on2)cc1. The fourth-order valence-corrected chi connectivity index (χ4v) is 1.69. The van der Waals surface area contributed by atoms with E-state index in [2.05, 4.69) is 15.0 Å². The first-order valence-electron chi connectivity index (χ1n) is 6.69. The fourth-order valence-electron chi connectivity index (χ4n) is 1.69. The molecule has 1 amide bonds. The Morgan fingerprint density at radius 1 is 1.17 bits per heavy atom. The molecule has 0 aliphatic rings. The average molecular weight is 328 g/mol. The van der Waals surface area contributed by atoms with Crippen LogP contribution < -0.4 is 5.32 Å². The first-order valence-corrected chi connectivity index (χ1v) is 6.69. The third-order valence-corrected chi connectivity index (χ3v) is 2.62. The molecule has 2 rings (SSSR count). The van der Waals surface area contributed by atoms with E-state index in [0.717, 1.165) is 6.07 Å². The van der Waals surface area contributed by atoms with Crippen molar-refractivity contribution in [1.29, 1.82) is 0 Å². The van der Waals surface area contributed by atoms with Crippen molar-refractivity contribution in [2.45, 2.75) is 32.5 Å². The Hall–Kier alpha value is -2.51. The van der Waals surface area contributed by atoms with E-state index in [-0.39, 0.29) is 5.69 Å². The highest BCUT2D eigenvalue weighted by Crippen LogP contribution is 2.32. The van der Waals surface area contributed by atoms with Gasteiger partial charge in [0.2, 0.25) is 5.76 Å². The average Bonchev–Trinajstić information content (AvgIpc) is 2.86. The first-order chi connectivity index (χ1) is 10.5. The number of nitrogens with one attached hydrogen (secondary N) is 1. The van der Waals surface area contributed by atoms with Gasteiger partial charge in [0, 0.05) is 17.3 Å². The highest BCUT2D eigenvalue weighted by atomic mass is 19.4. The van der Waals surface area contributed by atoms with Crippen LogP contribution in [0.1, 0.15) is 26.5 Å². The monoisotopic (exact) mass is 328 g/mol. The Labute approximate surface area is 130 Å². The van der Waals surface area contributed by atoms with Gasteiger partial charge in [0.05, 0.1) is 0 Å². The van der Waals surface area contributed by atoms with Crippen LogP contribution >= 0.6 is 0 Å². The van der Waals surface area contributed by atoms with E-state index in [1.54, 1.807) is 20.8 Å². The molecule has 5 nitrogen and oxygen atoms in total. The molecule has 0 spiro atoms. The van der Waals surface area contributed by atoms with Gasteiger partial charge in [0.1, 0.15) is 11.3 Å². The van der Waals surface area contributed by atoms with E-state index in [9.17, 15) is 18.0 Å². The molecule has 23 heavy (non-hydrogen) atoms. The van der Waals surface area contributed by atoms with E-state index in [1.807, 2.05) is 0 Å². The van der Waals surface area contributed by atoms with E-state index in [0.29, 0.717) is 11.3 Å². The molecular formula is C15H15F3N2O3. The molecule has 0 atom stereocenters. The number of anilines is 1. The maximum Gasteiger partial charge on any atom is 0.452 e. The number of alkyl halides is 3. The van der Waals surface area contributed by atoms with Crippen molar-refractivity contribution in [2.24, 2.45) is 0 Å². The normalized spacial score (nSPS) is 12.1. The van der Waals surface area contributed by atoms with Gasteiger partial charge < -0.3 is 9.26 Å². The van der Waals surface area contributed by atoms with Gasteiger partial charge in [-0.1, -0.05) is 17.3 Å². The molecule has 0 aliphatic carbocycles. The predicted molar refractivity (Wildman–Crippen MR) is 76.8 cm³/mol. The van der Waals surface area contributed by atoms with Gasteiger partial charge >= 0.3 is 12.3 Å². The number of hydrogen-bond donors (Lipinski definition) is 1. The van der Waals surface area contributed by atoms with Gasteiger partial charge in [0.25, 0.3) is 0 Å². The Bertz CT molecular complexity index is 685. The van der Waals surface area contributed by atoms with Gasteiger partial charge in [-0.2, -0.15) is 13.2 Å². The van der Waals surface area contributed by atoms with E-state index in [1.165, 1.54) is 24.3 Å². The van der Waals surface area contributed by atoms with Gasteiger partial charge in [-0.3, -0.25) is 5.32 Å². The summed E-state index contributed by atoms with van der Waals surface area (Å²) in [6, 6.07) is 6.91. The number of ether oxygens (including phenoxy) is 1. The summed E-state index contributed by atoms with van der Waals surface area (Å²) < 4.78 is 46.8. The summed E-state index contributed by atoms with van der Waals surface area (Å²) in [5.41, 5.74) is 0.307. The Morgan fingerprint density at radius 3 is 2.26 bits per heavy atom. The zero-order valence-corrected chi connectivity index (χ0v) is 12.7. The molecule has 124 valence electrons. The predicted octanol–water partition coefficient (Wildman–Crippen LogP) is 4.71. The van der Waals surface area contributed by atoms with Crippen molar-refractivity contribution in [3.8, 4) is 11.3 Å². The van der Waals surface area contributed by atoms with Gasteiger partial charge in [-0.25, -0.2) is 4.79 Å². The Kier molecular flexibility index (Phi) is 4.35. The number of hydrogen-bond acceptors (Lipinski definition) is 4. The van der Waals surface area contributed by atoms with Gasteiger partial charge in [-0.05, 0) is 32.9 Å². The number of nitrogens with zero attached hydrogens (tertiary/aromatic N) is 1. The van der Waals surface area contributed by atoms with Crippen molar-refractivity contribution >= 4 is 11.8 Å². The number of halogens is 3. The molecule has 0 fully saturated rings. The molecule has 0 saturated carbocycles. The lowest BCUT2D eigenvalue weighted by atomic mass is 10.1. The molecule has 1 aromatic carbocycles. The summed E-state index contributed by atoms with van der Waals surface area (Å²) in [7, 11) is 0. The number of amides is 1. The quantitative estimate of drug-likeness (QED) is 0.867. The minimum absolute atomic E-state index is 0.0566. The molecule has 8 heteroatoms. The summed E-state index contributed by atoms with van der Waals surface area (Å²) in [6.07, 6.45) is -5.20. The summed E-state index contributed by atoms with van der Waals surface area (Å²) >= 11 is 0. The fraction of sp³-hybridized carbons (Fsp3) is 0.333. The number of carbonyl (C=O) groups is 1. The highest BCUT2D eigenvalue weighted by molar-refractivity contribution is 5.85. The standard InChI is InChI=1S/C15H15F3N2O3/c1-14(2,3)22-13(21)19-10-6-4-9(5-7-10)11-8-12(23-20-11)15(16,17)18/h4-8H,1-3H3,(H,19,21). The summed E-state index contributed by atoms with van der Waals surface area (Å²) in [5, 5.41) is 5.91. The molecule has 0 aliphatic heterocycles. The minimum atomic E-state index is -4.58. The van der Waals surface area contributed by atoms with Gasteiger partial charge in [-0.15, -0.1) is 0 Å². The first kappa shape index (κ1) is 16.9. The number of aromatic nitrogens is 1. The third-order valence-electron chi connectivity index (χ3n) is 2.62. The van der Waals surface area contributed by atoms with Crippen LogP contribution in [0.5, 0.6) is 0 Å². The zero-order valence-electron chi connectivity index (χ0n) is 12.7. The molecule has 0 radical (unpaired) electrons. The van der Waals surface area contributed by atoms with Crippen molar-refractivity contribution in [1.82, 2.24) is 5.16 Å². The smallest absolute Gasteiger partial charge is 0.444 e. The lowest BCUT2D eigenvalue weighted by Crippen LogP contribution is -2.27. The maximum absolute atomic E-state index is 12.5. The van der Waals surface area contributed by atoms with Crippen molar-refractivity contribution < 1.29 is 27.2 Å². The maximum atomic E-state index is 12.5. The molecule has 2 aromatic rings. The summed E-state index contributed by atoms with van der Waals surface area (Å²) in [6.45, 7) is 5.20. The van der Waals surface area contributed by atoms with E-state index in [4.69, 9.17) is 4.74 Å².